The highest BCUT2D eigenvalue weighted by atomic mass is 16.3. The van der Waals surface area contributed by atoms with Gasteiger partial charge in [0, 0.05) is 43.7 Å². The van der Waals surface area contributed by atoms with Crippen LogP contribution in [0.5, 0.6) is 0 Å². The highest BCUT2D eigenvalue weighted by molar-refractivity contribution is 6.13. The van der Waals surface area contributed by atoms with E-state index in [-0.39, 0.29) is 0 Å². The molecule has 0 amide bonds. The number of benzene rings is 10. The molecule has 64 heavy (non-hydrogen) atoms. The second-order valence-electron chi connectivity index (χ2n) is 17.2. The lowest BCUT2D eigenvalue weighted by molar-refractivity contribution is 0.669. The van der Waals surface area contributed by atoms with Crippen LogP contribution in [0.25, 0.3) is 121 Å². The Morgan fingerprint density at radius 3 is 1.45 bits per heavy atom. The molecule has 0 N–H and O–H groups in total. The van der Waals surface area contributed by atoms with E-state index in [9.17, 15) is 0 Å². The fraction of sp³-hybridized carbons (Fsp3) is 0.0164. The first kappa shape index (κ1) is 35.2. The Morgan fingerprint density at radius 1 is 0.297 bits per heavy atom. The maximum Gasteiger partial charge on any atom is 0.135 e. The Kier molecular flexibility index (Phi) is 7.46. The molecule has 0 unspecified atom stereocenters. The van der Waals surface area contributed by atoms with Gasteiger partial charge in [0.05, 0.1) is 22.1 Å². The van der Waals surface area contributed by atoms with Gasteiger partial charge in [-0.05, 0) is 147 Å². The molecule has 0 spiro atoms. The van der Waals surface area contributed by atoms with Crippen LogP contribution in [0.1, 0.15) is 11.1 Å². The molecule has 0 bridgehead atoms. The summed E-state index contributed by atoms with van der Waals surface area (Å²) in [6.45, 7) is 0. The lowest BCUT2D eigenvalue weighted by Gasteiger charge is -2.13. The Labute approximate surface area is 369 Å². The molecule has 298 valence electrons. The molecule has 3 heteroatoms. The van der Waals surface area contributed by atoms with Crippen molar-refractivity contribution in [1.82, 2.24) is 9.13 Å². The van der Waals surface area contributed by atoms with Crippen molar-refractivity contribution in [3.8, 4) is 55.9 Å². The topological polar surface area (TPSA) is 23.0 Å². The van der Waals surface area contributed by atoms with E-state index in [2.05, 4.69) is 228 Å². The number of aromatic nitrogens is 2. The standard InChI is InChI=1S/C61H38N2O/c1-2-14-44(15-3-1)62-56-22-8-6-18-49(56)52-33-38(24-28-58(52)62)40-26-30-60-54(35-40)55-36-41(27-31-61(55)64-60)39-25-29-59-53(34-39)50-19-7-9-23-57(50)63(59)45-16-10-13-42(32-45)47-20-11-21-48-46-17-5-4-12-43(46)37-51(47)48/h1-36H,37H2. The number of nitrogens with zero attached hydrogens (tertiary/aromatic N) is 2. The number of fused-ring (bicyclic) bond motifs is 12. The van der Waals surface area contributed by atoms with Crippen molar-refractivity contribution in [1.29, 1.82) is 0 Å². The van der Waals surface area contributed by atoms with E-state index in [4.69, 9.17) is 4.42 Å². The van der Waals surface area contributed by atoms with Crippen LogP contribution in [-0.4, -0.2) is 9.13 Å². The van der Waals surface area contributed by atoms with Gasteiger partial charge in [0.15, 0.2) is 0 Å². The highest BCUT2D eigenvalue weighted by Gasteiger charge is 2.22. The summed E-state index contributed by atoms with van der Waals surface area (Å²) in [6.07, 6.45) is 0.963. The third-order valence-corrected chi connectivity index (χ3v) is 13.8. The van der Waals surface area contributed by atoms with Crippen LogP contribution in [0, 0.1) is 0 Å². The van der Waals surface area contributed by atoms with Crippen LogP contribution in [0.2, 0.25) is 0 Å². The predicted molar refractivity (Wildman–Crippen MR) is 267 cm³/mol. The van der Waals surface area contributed by atoms with E-state index in [1.807, 2.05) is 0 Å². The first-order valence-electron chi connectivity index (χ1n) is 22.1. The average Bonchev–Trinajstić information content (AvgIpc) is 4.11. The molecule has 3 heterocycles. The van der Waals surface area contributed by atoms with Gasteiger partial charge in [-0.2, -0.15) is 0 Å². The summed E-state index contributed by atoms with van der Waals surface area (Å²) in [7, 11) is 0. The monoisotopic (exact) mass is 814 g/mol. The molecule has 0 saturated carbocycles. The summed E-state index contributed by atoms with van der Waals surface area (Å²) in [4.78, 5) is 0. The van der Waals surface area contributed by atoms with E-state index < -0.39 is 0 Å². The fourth-order valence-electron chi connectivity index (χ4n) is 10.8. The first-order valence-corrected chi connectivity index (χ1v) is 22.1. The van der Waals surface area contributed by atoms with Crippen LogP contribution < -0.4 is 0 Å². The molecule has 0 radical (unpaired) electrons. The predicted octanol–water partition coefficient (Wildman–Crippen LogP) is 16.4. The van der Waals surface area contributed by atoms with Gasteiger partial charge in [-0.15, -0.1) is 0 Å². The van der Waals surface area contributed by atoms with Crippen LogP contribution in [0.15, 0.2) is 223 Å². The zero-order chi connectivity index (χ0) is 41.9. The Balaban J connectivity index is 0.859. The van der Waals surface area contributed by atoms with Crippen molar-refractivity contribution in [2.75, 3.05) is 0 Å². The third kappa shape index (κ3) is 5.22. The van der Waals surface area contributed by atoms with Crippen LogP contribution in [-0.2, 0) is 6.42 Å². The summed E-state index contributed by atoms with van der Waals surface area (Å²) in [5.41, 5.74) is 21.7. The van der Waals surface area contributed by atoms with Crippen molar-refractivity contribution in [2.45, 2.75) is 6.42 Å². The minimum atomic E-state index is 0.891. The molecule has 0 atom stereocenters. The summed E-state index contributed by atoms with van der Waals surface area (Å²) < 4.78 is 11.3. The molecule has 10 aromatic carbocycles. The first-order chi connectivity index (χ1) is 31.7. The quantitative estimate of drug-likeness (QED) is 0.170. The van der Waals surface area contributed by atoms with Gasteiger partial charge >= 0.3 is 0 Å². The van der Waals surface area contributed by atoms with Gasteiger partial charge in [0.2, 0.25) is 0 Å². The maximum absolute atomic E-state index is 6.47. The lowest BCUT2D eigenvalue weighted by atomic mass is 9.95. The summed E-state index contributed by atoms with van der Waals surface area (Å²) in [6, 6.07) is 79.9. The van der Waals surface area contributed by atoms with Gasteiger partial charge in [0.25, 0.3) is 0 Å². The van der Waals surface area contributed by atoms with E-state index in [1.165, 1.54) is 93.7 Å². The maximum atomic E-state index is 6.47. The molecule has 0 saturated heterocycles. The van der Waals surface area contributed by atoms with Gasteiger partial charge in [0.1, 0.15) is 11.2 Å². The van der Waals surface area contributed by atoms with Crippen LogP contribution in [0.3, 0.4) is 0 Å². The van der Waals surface area contributed by atoms with Crippen molar-refractivity contribution >= 4 is 65.6 Å². The summed E-state index contributed by atoms with van der Waals surface area (Å²) >= 11 is 0. The van der Waals surface area contributed by atoms with Gasteiger partial charge in [-0.1, -0.05) is 133 Å². The minimum Gasteiger partial charge on any atom is -0.456 e. The van der Waals surface area contributed by atoms with Crippen LogP contribution >= 0.6 is 0 Å². The Hall–Kier alpha value is -8.40. The zero-order valence-corrected chi connectivity index (χ0v) is 34.8. The molecule has 14 rings (SSSR count). The SMILES string of the molecule is c1ccc(-n2c3ccccc3c3cc(-c4ccc5oc6ccc(-c7ccc8c(c7)c7ccccc7n8-c7cccc(-c8cccc9c8Cc8ccccc8-9)c7)cc6c5c4)ccc32)cc1. The molecule has 3 aromatic heterocycles. The number of hydrogen-bond donors (Lipinski definition) is 0. The van der Waals surface area contributed by atoms with Crippen LogP contribution in [0.4, 0.5) is 0 Å². The highest BCUT2D eigenvalue weighted by Crippen LogP contribution is 2.43. The van der Waals surface area contributed by atoms with Crippen molar-refractivity contribution in [3.05, 3.63) is 230 Å². The molecule has 1 aliphatic rings. The molecule has 3 nitrogen and oxygen atoms in total. The normalized spacial score (nSPS) is 12.3. The third-order valence-electron chi connectivity index (χ3n) is 13.8. The van der Waals surface area contributed by atoms with Gasteiger partial charge in [-0.25, -0.2) is 0 Å². The van der Waals surface area contributed by atoms with Gasteiger partial charge in [-0.3, -0.25) is 0 Å². The number of hydrogen-bond acceptors (Lipinski definition) is 1. The number of rotatable bonds is 5. The van der Waals surface area contributed by atoms with Crippen molar-refractivity contribution in [2.24, 2.45) is 0 Å². The fourth-order valence-corrected chi connectivity index (χ4v) is 10.8. The van der Waals surface area contributed by atoms with Crippen molar-refractivity contribution < 1.29 is 4.42 Å². The molecule has 13 aromatic rings. The zero-order valence-electron chi connectivity index (χ0n) is 34.8. The van der Waals surface area contributed by atoms with E-state index >= 15 is 0 Å². The van der Waals surface area contributed by atoms with E-state index in [1.54, 1.807) is 0 Å². The Bertz CT molecular complexity index is 4050. The largest absolute Gasteiger partial charge is 0.456 e. The second-order valence-corrected chi connectivity index (χ2v) is 17.2. The molecule has 1 aliphatic carbocycles. The second kappa shape index (κ2) is 13.5. The number of para-hydroxylation sites is 3. The Morgan fingerprint density at radius 2 is 0.781 bits per heavy atom. The molecular weight excluding hydrogens is 777 g/mol. The minimum absolute atomic E-state index is 0.891. The van der Waals surface area contributed by atoms with E-state index in [0.29, 0.717) is 0 Å². The number of furan rings is 1. The average molecular weight is 815 g/mol. The molecule has 0 aliphatic heterocycles. The lowest BCUT2D eigenvalue weighted by Crippen LogP contribution is -1.95. The van der Waals surface area contributed by atoms with Gasteiger partial charge < -0.3 is 13.6 Å². The smallest absolute Gasteiger partial charge is 0.135 e. The van der Waals surface area contributed by atoms with Crippen molar-refractivity contribution in [3.63, 3.8) is 0 Å². The summed E-state index contributed by atoms with van der Waals surface area (Å²) in [5, 5.41) is 7.20. The summed E-state index contributed by atoms with van der Waals surface area (Å²) in [5.74, 6) is 0. The molecular formula is C61H38N2O. The van der Waals surface area contributed by atoms with E-state index in [0.717, 1.165) is 45.3 Å². The molecule has 0 fully saturated rings.